The Morgan fingerprint density at radius 3 is 2.89 bits per heavy atom. The number of nitrogens with zero attached hydrogens (tertiary/aromatic N) is 1. The molecule has 1 heterocycles. The van der Waals surface area contributed by atoms with Crippen LogP contribution >= 0.6 is 11.6 Å². The first-order valence-corrected chi connectivity index (χ1v) is 6.07. The van der Waals surface area contributed by atoms with Crippen LogP contribution in [-0.4, -0.2) is 41.7 Å². The SMILES string of the molecule is COCCCC(NC(=O)c1cccnc1Cl)C(=O)O. The first kappa shape index (κ1) is 15.4. The van der Waals surface area contributed by atoms with Crippen LogP contribution in [0.1, 0.15) is 23.2 Å². The topological polar surface area (TPSA) is 88.5 Å². The number of aliphatic carboxylic acids is 1. The summed E-state index contributed by atoms with van der Waals surface area (Å²) >= 11 is 5.77. The molecule has 0 aliphatic carbocycles. The van der Waals surface area contributed by atoms with Gasteiger partial charge in [-0.15, -0.1) is 0 Å². The van der Waals surface area contributed by atoms with Crippen molar-refractivity contribution in [2.75, 3.05) is 13.7 Å². The van der Waals surface area contributed by atoms with E-state index in [0.717, 1.165) is 0 Å². The van der Waals surface area contributed by atoms with Gasteiger partial charge in [0.1, 0.15) is 11.2 Å². The number of hydrogen-bond acceptors (Lipinski definition) is 4. The number of carbonyl (C=O) groups excluding carboxylic acids is 1. The number of ether oxygens (including phenoxy) is 1. The third-order valence-corrected chi connectivity index (χ3v) is 2.75. The Labute approximate surface area is 115 Å². The normalized spacial score (nSPS) is 11.9. The number of amides is 1. The zero-order valence-corrected chi connectivity index (χ0v) is 11.2. The van der Waals surface area contributed by atoms with Crippen molar-refractivity contribution in [1.29, 1.82) is 0 Å². The van der Waals surface area contributed by atoms with Crippen LogP contribution in [0.15, 0.2) is 18.3 Å². The van der Waals surface area contributed by atoms with Gasteiger partial charge < -0.3 is 15.2 Å². The highest BCUT2D eigenvalue weighted by Crippen LogP contribution is 2.12. The summed E-state index contributed by atoms with van der Waals surface area (Å²) < 4.78 is 4.84. The summed E-state index contributed by atoms with van der Waals surface area (Å²) in [7, 11) is 1.53. The Kier molecular flexibility index (Phi) is 6.24. The van der Waals surface area contributed by atoms with Gasteiger partial charge in [0.15, 0.2) is 0 Å². The monoisotopic (exact) mass is 286 g/mol. The van der Waals surface area contributed by atoms with Gasteiger partial charge in [-0.2, -0.15) is 0 Å². The van der Waals surface area contributed by atoms with Gasteiger partial charge in [0.05, 0.1) is 5.56 Å². The number of nitrogens with one attached hydrogen (secondary N) is 1. The molecule has 1 aromatic heterocycles. The largest absolute Gasteiger partial charge is 0.480 e. The van der Waals surface area contributed by atoms with Crippen LogP contribution in [0.5, 0.6) is 0 Å². The predicted octanol–water partition coefficient (Wildman–Crippen LogP) is 1.34. The highest BCUT2D eigenvalue weighted by molar-refractivity contribution is 6.32. The maximum atomic E-state index is 11.9. The molecule has 0 aromatic carbocycles. The maximum Gasteiger partial charge on any atom is 0.326 e. The van der Waals surface area contributed by atoms with Crippen LogP contribution in [0.3, 0.4) is 0 Å². The van der Waals surface area contributed by atoms with Crippen molar-refractivity contribution in [2.24, 2.45) is 0 Å². The lowest BCUT2D eigenvalue weighted by atomic mass is 10.1. The van der Waals surface area contributed by atoms with Gasteiger partial charge in [-0.1, -0.05) is 11.6 Å². The van der Waals surface area contributed by atoms with Gasteiger partial charge in [-0.25, -0.2) is 9.78 Å². The van der Waals surface area contributed by atoms with E-state index in [9.17, 15) is 9.59 Å². The van der Waals surface area contributed by atoms with Crippen LogP contribution in [0.2, 0.25) is 5.15 Å². The smallest absolute Gasteiger partial charge is 0.326 e. The minimum Gasteiger partial charge on any atom is -0.480 e. The number of rotatable bonds is 7. The molecule has 0 aliphatic rings. The van der Waals surface area contributed by atoms with Crippen molar-refractivity contribution in [3.8, 4) is 0 Å². The molecule has 0 saturated heterocycles. The molecular formula is C12H15ClN2O4. The van der Waals surface area contributed by atoms with Gasteiger partial charge in [-0.05, 0) is 25.0 Å². The molecule has 19 heavy (non-hydrogen) atoms. The molecule has 1 amide bonds. The number of carbonyl (C=O) groups is 2. The molecule has 0 aliphatic heterocycles. The van der Waals surface area contributed by atoms with Gasteiger partial charge in [0, 0.05) is 19.9 Å². The fraction of sp³-hybridized carbons (Fsp3) is 0.417. The quantitative estimate of drug-likeness (QED) is 0.583. The second-order valence-corrected chi connectivity index (χ2v) is 4.20. The van der Waals surface area contributed by atoms with Crippen LogP contribution in [0.4, 0.5) is 0 Å². The van der Waals surface area contributed by atoms with Crippen LogP contribution in [-0.2, 0) is 9.53 Å². The minimum absolute atomic E-state index is 0.0426. The van der Waals surface area contributed by atoms with Crippen molar-refractivity contribution in [1.82, 2.24) is 10.3 Å². The second kappa shape index (κ2) is 7.70. The van der Waals surface area contributed by atoms with Crippen molar-refractivity contribution in [3.63, 3.8) is 0 Å². The summed E-state index contributed by atoms with van der Waals surface area (Å²) in [6, 6.07) is 2.07. The van der Waals surface area contributed by atoms with Crippen molar-refractivity contribution >= 4 is 23.5 Å². The molecule has 0 fully saturated rings. The average Bonchev–Trinajstić information content (AvgIpc) is 2.38. The number of pyridine rings is 1. The Morgan fingerprint density at radius 2 is 2.32 bits per heavy atom. The van der Waals surface area contributed by atoms with Gasteiger partial charge in [0.25, 0.3) is 5.91 Å². The van der Waals surface area contributed by atoms with E-state index < -0.39 is 17.9 Å². The van der Waals surface area contributed by atoms with E-state index in [4.69, 9.17) is 21.4 Å². The number of aromatic nitrogens is 1. The Morgan fingerprint density at radius 1 is 1.58 bits per heavy atom. The molecule has 0 saturated carbocycles. The minimum atomic E-state index is -1.09. The van der Waals surface area contributed by atoms with E-state index in [2.05, 4.69) is 10.3 Å². The Balaban J connectivity index is 2.66. The summed E-state index contributed by atoms with van der Waals surface area (Å²) in [6.45, 7) is 0.438. The summed E-state index contributed by atoms with van der Waals surface area (Å²) in [5, 5.41) is 11.5. The van der Waals surface area contributed by atoms with Crippen LogP contribution in [0, 0.1) is 0 Å². The highest BCUT2D eigenvalue weighted by Gasteiger charge is 2.21. The molecule has 0 bridgehead atoms. The van der Waals surface area contributed by atoms with E-state index in [-0.39, 0.29) is 17.1 Å². The van der Waals surface area contributed by atoms with Gasteiger partial charge >= 0.3 is 5.97 Å². The number of halogens is 1. The summed E-state index contributed by atoms with van der Waals surface area (Å²) in [4.78, 5) is 26.7. The fourth-order valence-electron chi connectivity index (χ4n) is 1.48. The Hall–Kier alpha value is -1.66. The fourth-order valence-corrected chi connectivity index (χ4v) is 1.69. The van der Waals surface area contributed by atoms with Crippen LogP contribution < -0.4 is 5.32 Å². The standard InChI is InChI=1S/C12H15ClN2O4/c1-19-7-3-5-9(12(17)18)15-11(16)8-4-2-6-14-10(8)13/h2,4,6,9H,3,5,7H2,1H3,(H,15,16)(H,17,18). The molecule has 2 N–H and O–H groups in total. The average molecular weight is 287 g/mol. The molecule has 1 unspecified atom stereocenters. The zero-order chi connectivity index (χ0) is 14.3. The lowest BCUT2D eigenvalue weighted by molar-refractivity contribution is -0.139. The van der Waals surface area contributed by atoms with Crippen molar-refractivity contribution in [2.45, 2.75) is 18.9 Å². The van der Waals surface area contributed by atoms with E-state index in [1.54, 1.807) is 6.07 Å². The van der Waals surface area contributed by atoms with E-state index in [1.165, 1.54) is 19.4 Å². The van der Waals surface area contributed by atoms with E-state index in [0.29, 0.717) is 13.0 Å². The third-order valence-electron chi connectivity index (χ3n) is 2.45. The predicted molar refractivity (Wildman–Crippen MR) is 69.2 cm³/mol. The lowest BCUT2D eigenvalue weighted by Crippen LogP contribution is -2.41. The number of methoxy groups -OCH3 is 1. The summed E-state index contributed by atoms with van der Waals surface area (Å²) in [5.74, 6) is -1.65. The van der Waals surface area contributed by atoms with Crippen molar-refractivity contribution in [3.05, 3.63) is 29.0 Å². The second-order valence-electron chi connectivity index (χ2n) is 3.84. The molecular weight excluding hydrogens is 272 g/mol. The van der Waals surface area contributed by atoms with Gasteiger partial charge in [-0.3, -0.25) is 4.79 Å². The van der Waals surface area contributed by atoms with E-state index in [1.807, 2.05) is 0 Å². The summed E-state index contributed by atoms with van der Waals surface area (Å²) in [6.07, 6.45) is 2.27. The van der Waals surface area contributed by atoms with Crippen molar-refractivity contribution < 1.29 is 19.4 Å². The Bertz CT molecular complexity index is 453. The number of carboxylic acid groups (broad SMARTS) is 1. The zero-order valence-electron chi connectivity index (χ0n) is 10.4. The number of carboxylic acids is 1. The summed E-state index contributed by atoms with van der Waals surface area (Å²) in [5.41, 5.74) is 0.155. The van der Waals surface area contributed by atoms with Crippen LogP contribution in [0.25, 0.3) is 0 Å². The molecule has 7 heteroatoms. The maximum absolute atomic E-state index is 11.9. The molecule has 1 aromatic rings. The van der Waals surface area contributed by atoms with Gasteiger partial charge in [0.2, 0.25) is 0 Å². The third kappa shape index (κ3) is 4.84. The number of hydrogen-bond donors (Lipinski definition) is 2. The molecule has 104 valence electrons. The first-order chi connectivity index (χ1) is 9.06. The molecule has 0 radical (unpaired) electrons. The highest BCUT2D eigenvalue weighted by atomic mass is 35.5. The first-order valence-electron chi connectivity index (χ1n) is 5.69. The van der Waals surface area contributed by atoms with E-state index >= 15 is 0 Å². The lowest BCUT2D eigenvalue weighted by Gasteiger charge is -2.14. The molecule has 6 nitrogen and oxygen atoms in total. The molecule has 0 spiro atoms. The molecule has 1 atom stereocenters. The molecule has 1 rings (SSSR count).